The van der Waals surface area contributed by atoms with Crippen LogP contribution in [-0.2, 0) is 24.2 Å². The number of aromatic nitrogens is 2. The first-order chi connectivity index (χ1) is 13.8. The Balaban J connectivity index is 1.31. The number of nitrogens with zero attached hydrogens (tertiary/aromatic N) is 3. The Morgan fingerprint density at radius 2 is 2.18 bits per heavy atom. The molecule has 28 heavy (non-hydrogen) atoms. The quantitative estimate of drug-likeness (QED) is 0.545. The fourth-order valence-electron chi connectivity index (χ4n) is 4.23. The molecule has 0 saturated carbocycles. The summed E-state index contributed by atoms with van der Waals surface area (Å²) >= 11 is 0. The molecular formula is C22H31N5O. The molecule has 2 aliphatic rings. The number of rotatable bonds is 8. The van der Waals surface area contributed by atoms with Gasteiger partial charge in [0.05, 0.1) is 18.2 Å². The zero-order valence-electron chi connectivity index (χ0n) is 16.7. The molecule has 3 unspecified atom stereocenters. The van der Waals surface area contributed by atoms with Crippen molar-refractivity contribution in [3.05, 3.63) is 54.1 Å². The van der Waals surface area contributed by atoms with Gasteiger partial charge in [0, 0.05) is 25.5 Å². The van der Waals surface area contributed by atoms with Gasteiger partial charge in [-0.2, -0.15) is 0 Å². The molecule has 0 amide bonds. The first-order valence-corrected chi connectivity index (χ1v) is 10.6. The Morgan fingerprint density at radius 1 is 1.29 bits per heavy atom. The van der Waals surface area contributed by atoms with Gasteiger partial charge < -0.3 is 19.9 Å². The topological polar surface area (TPSA) is 63.5 Å². The molecule has 2 saturated heterocycles. The zero-order valence-corrected chi connectivity index (χ0v) is 16.7. The highest BCUT2D eigenvalue weighted by Gasteiger charge is 2.41. The number of aryl methyl sites for hydroxylation is 2. The smallest absolute Gasteiger partial charge is 0.192 e. The molecular weight excluding hydrogens is 350 g/mol. The second kappa shape index (κ2) is 9.24. The van der Waals surface area contributed by atoms with Crippen LogP contribution in [-0.4, -0.2) is 40.3 Å². The van der Waals surface area contributed by atoms with Gasteiger partial charge in [0.15, 0.2) is 5.96 Å². The van der Waals surface area contributed by atoms with E-state index < -0.39 is 0 Å². The van der Waals surface area contributed by atoms with E-state index in [-0.39, 0.29) is 0 Å². The van der Waals surface area contributed by atoms with Gasteiger partial charge in [-0.05, 0) is 44.6 Å². The third kappa shape index (κ3) is 4.73. The van der Waals surface area contributed by atoms with Crippen LogP contribution in [0, 0.1) is 0 Å². The first-order valence-electron chi connectivity index (χ1n) is 10.6. The molecule has 3 atom stereocenters. The van der Waals surface area contributed by atoms with Crippen molar-refractivity contribution in [3.63, 3.8) is 0 Å². The van der Waals surface area contributed by atoms with E-state index >= 15 is 0 Å². The van der Waals surface area contributed by atoms with Crippen LogP contribution in [0.3, 0.4) is 0 Å². The highest BCUT2D eigenvalue weighted by Crippen LogP contribution is 2.34. The standard InChI is InChI=1S/C22H31N5O/c1-2-23-22(26-19-15-18-10-11-20(19)28-18)25-16-21-24-12-14-27(21)13-6-9-17-7-4-3-5-8-17/h3-5,7-8,12,14,18-20H,2,6,9-11,13,15-16H2,1H3,(H2,23,25,26). The lowest BCUT2D eigenvalue weighted by atomic mass is 9.96. The molecule has 4 rings (SSSR count). The molecule has 6 heteroatoms. The van der Waals surface area contributed by atoms with Gasteiger partial charge in [-0.3, -0.25) is 0 Å². The van der Waals surface area contributed by atoms with Crippen molar-refractivity contribution in [2.24, 2.45) is 4.99 Å². The predicted molar refractivity (Wildman–Crippen MR) is 111 cm³/mol. The first kappa shape index (κ1) is 19.0. The summed E-state index contributed by atoms with van der Waals surface area (Å²) in [6, 6.07) is 11.0. The van der Waals surface area contributed by atoms with E-state index in [1.807, 2.05) is 6.20 Å². The van der Waals surface area contributed by atoms with Gasteiger partial charge in [-0.1, -0.05) is 30.3 Å². The molecule has 2 aliphatic heterocycles. The molecule has 1 aromatic carbocycles. The lowest BCUT2D eigenvalue weighted by molar-refractivity contribution is 0.0992. The van der Waals surface area contributed by atoms with Crippen molar-refractivity contribution in [2.75, 3.05) is 6.54 Å². The Labute approximate surface area is 167 Å². The number of nitrogens with one attached hydrogen (secondary N) is 2. The number of fused-ring (bicyclic) bond motifs is 2. The summed E-state index contributed by atoms with van der Waals surface area (Å²) < 4.78 is 8.17. The number of hydrogen-bond donors (Lipinski definition) is 2. The van der Waals surface area contributed by atoms with Crippen molar-refractivity contribution in [3.8, 4) is 0 Å². The average Bonchev–Trinajstić information content (AvgIpc) is 3.44. The molecule has 2 bridgehead atoms. The van der Waals surface area contributed by atoms with Crippen LogP contribution in [0.25, 0.3) is 0 Å². The van der Waals surface area contributed by atoms with Gasteiger partial charge in [-0.15, -0.1) is 0 Å². The van der Waals surface area contributed by atoms with Crippen LogP contribution in [0.15, 0.2) is 47.7 Å². The number of aliphatic imine (C=N–C) groups is 1. The third-order valence-electron chi connectivity index (χ3n) is 5.66. The SMILES string of the molecule is CCNC(=NCc1nccn1CCCc1ccccc1)NC1CC2CCC1O2. The number of guanidine groups is 1. The summed E-state index contributed by atoms with van der Waals surface area (Å²) in [6.45, 7) is 4.48. The summed E-state index contributed by atoms with van der Waals surface area (Å²) in [5, 5.41) is 6.93. The van der Waals surface area contributed by atoms with E-state index in [1.54, 1.807) is 0 Å². The molecule has 6 nitrogen and oxygen atoms in total. The second-order valence-corrected chi connectivity index (χ2v) is 7.68. The molecule has 0 radical (unpaired) electrons. The maximum absolute atomic E-state index is 5.95. The summed E-state index contributed by atoms with van der Waals surface area (Å²) in [7, 11) is 0. The molecule has 2 N–H and O–H groups in total. The molecule has 150 valence electrons. The summed E-state index contributed by atoms with van der Waals surface area (Å²) in [4.78, 5) is 9.30. The highest BCUT2D eigenvalue weighted by atomic mass is 16.5. The number of ether oxygens (including phenoxy) is 1. The van der Waals surface area contributed by atoms with Crippen molar-refractivity contribution < 1.29 is 4.74 Å². The largest absolute Gasteiger partial charge is 0.373 e. The Morgan fingerprint density at radius 3 is 2.93 bits per heavy atom. The molecule has 0 spiro atoms. The minimum Gasteiger partial charge on any atom is -0.373 e. The van der Waals surface area contributed by atoms with Crippen molar-refractivity contribution in [1.29, 1.82) is 0 Å². The summed E-state index contributed by atoms with van der Waals surface area (Å²) in [5.41, 5.74) is 1.38. The predicted octanol–water partition coefficient (Wildman–Crippen LogP) is 2.89. The molecule has 0 aliphatic carbocycles. The Hall–Kier alpha value is -2.34. The van der Waals surface area contributed by atoms with E-state index in [9.17, 15) is 0 Å². The fraction of sp³-hybridized carbons (Fsp3) is 0.545. The van der Waals surface area contributed by atoms with Crippen molar-refractivity contribution >= 4 is 5.96 Å². The number of hydrogen-bond acceptors (Lipinski definition) is 3. The van der Waals surface area contributed by atoms with Gasteiger partial charge in [0.25, 0.3) is 0 Å². The van der Waals surface area contributed by atoms with Crippen LogP contribution >= 0.6 is 0 Å². The minimum absolute atomic E-state index is 0.342. The summed E-state index contributed by atoms with van der Waals surface area (Å²) in [6.07, 6.45) is 10.3. The lowest BCUT2D eigenvalue weighted by Gasteiger charge is -2.22. The fourth-order valence-corrected chi connectivity index (χ4v) is 4.23. The molecule has 1 aromatic heterocycles. The van der Waals surface area contributed by atoms with Crippen molar-refractivity contribution in [2.45, 2.75) is 70.4 Å². The average molecular weight is 382 g/mol. The zero-order chi connectivity index (χ0) is 19.2. The minimum atomic E-state index is 0.342. The lowest BCUT2D eigenvalue weighted by Crippen LogP contribution is -2.47. The maximum Gasteiger partial charge on any atom is 0.192 e. The molecule has 3 heterocycles. The van der Waals surface area contributed by atoms with Gasteiger partial charge in [0.1, 0.15) is 12.4 Å². The van der Waals surface area contributed by atoms with Crippen molar-refractivity contribution in [1.82, 2.24) is 20.2 Å². The van der Waals surface area contributed by atoms with E-state index in [0.717, 1.165) is 50.6 Å². The van der Waals surface area contributed by atoms with E-state index in [4.69, 9.17) is 9.73 Å². The highest BCUT2D eigenvalue weighted by molar-refractivity contribution is 5.80. The van der Waals surface area contributed by atoms with E-state index in [2.05, 4.69) is 63.6 Å². The monoisotopic (exact) mass is 381 g/mol. The van der Waals surface area contributed by atoms with Crippen LogP contribution in [0.4, 0.5) is 0 Å². The third-order valence-corrected chi connectivity index (χ3v) is 5.66. The van der Waals surface area contributed by atoms with Crippen LogP contribution in [0.5, 0.6) is 0 Å². The molecule has 2 aromatic rings. The van der Waals surface area contributed by atoms with E-state index in [0.29, 0.717) is 24.8 Å². The van der Waals surface area contributed by atoms with Gasteiger partial charge in [-0.25, -0.2) is 9.98 Å². The Bertz CT molecular complexity index is 772. The normalized spacial score (nSPS) is 23.9. The van der Waals surface area contributed by atoms with Gasteiger partial charge >= 0.3 is 0 Å². The number of imidazole rings is 1. The van der Waals surface area contributed by atoms with E-state index in [1.165, 1.54) is 12.0 Å². The van der Waals surface area contributed by atoms with Crippen LogP contribution in [0.2, 0.25) is 0 Å². The molecule has 2 fully saturated rings. The van der Waals surface area contributed by atoms with Crippen LogP contribution < -0.4 is 10.6 Å². The number of benzene rings is 1. The Kier molecular flexibility index (Phi) is 6.27. The second-order valence-electron chi connectivity index (χ2n) is 7.68. The maximum atomic E-state index is 5.95. The van der Waals surface area contributed by atoms with Crippen LogP contribution in [0.1, 0.15) is 44.0 Å². The summed E-state index contributed by atoms with van der Waals surface area (Å²) in [5.74, 6) is 1.87. The van der Waals surface area contributed by atoms with Gasteiger partial charge in [0.2, 0.25) is 0 Å².